The molecule has 0 amide bonds. The van der Waals surface area contributed by atoms with E-state index >= 15 is 0 Å². The van der Waals surface area contributed by atoms with Crippen LogP contribution < -0.4 is 0 Å². The summed E-state index contributed by atoms with van der Waals surface area (Å²) in [5, 5.41) is 0. The highest BCUT2D eigenvalue weighted by Crippen LogP contribution is 2.56. The zero-order valence-corrected chi connectivity index (χ0v) is 9.32. The summed E-state index contributed by atoms with van der Waals surface area (Å²) in [6, 6.07) is 0. The Morgan fingerprint density at radius 2 is 1.71 bits per heavy atom. The van der Waals surface area contributed by atoms with Crippen molar-refractivity contribution in [1.82, 2.24) is 0 Å². The molecule has 3 aliphatic rings. The van der Waals surface area contributed by atoms with Gasteiger partial charge in [0, 0.05) is 5.92 Å². The van der Waals surface area contributed by atoms with Crippen LogP contribution in [0.3, 0.4) is 0 Å². The summed E-state index contributed by atoms with van der Waals surface area (Å²) in [7, 11) is 0. The second kappa shape index (κ2) is 2.73. The van der Waals surface area contributed by atoms with Crippen molar-refractivity contribution in [3.63, 3.8) is 0 Å². The molecule has 1 saturated carbocycles. The van der Waals surface area contributed by atoms with Crippen LogP contribution in [-0.4, -0.2) is 19.5 Å². The molecule has 3 rings (SSSR count). The molecule has 0 radical (unpaired) electrons. The van der Waals surface area contributed by atoms with Crippen molar-refractivity contribution in [2.75, 3.05) is 13.2 Å². The average molecular weight is 196 g/mol. The van der Waals surface area contributed by atoms with Crippen molar-refractivity contribution in [3.8, 4) is 0 Å². The lowest BCUT2D eigenvalue weighted by Gasteiger charge is -2.36. The first-order valence-electron chi connectivity index (χ1n) is 5.80. The monoisotopic (exact) mass is 196 g/mol. The van der Waals surface area contributed by atoms with Gasteiger partial charge in [0.25, 0.3) is 0 Å². The van der Waals surface area contributed by atoms with Crippen LogP contribution in [0.15, 0.2) is 0 Å². The largest absolute Gasteiger partial charge is 0.352 e. The van der Waals surface area contributed by atoms with Gasteiger partial charge in [-0.1, -0.05) is 20.8 Å². The Morgan fingerprint density at radius 3 is 2.43 bits per heavy atom. The fourth-order valence-electron chi connectivity index (χ4n) is 4.07. The van der Waals surface area contributed by atoms with Gasteiger partial charge in [0.1, 0.15) is 0 Å². The third-order valence-electron chi connectivity index (χ3n) is 4.37. The molecule has 2 bridgehead atoms. The van der Waals surface area contributed by atoms with Crippen molar-refractivity contribution in [2.45, 2.75) is 33.5 Å². The summed E-state index contributed by atoms with van der Waals surface area (Å²) in [5.41, 5.74) is 0.413. The Bertz CT molecular complexity index is 243. The maximum absolute atomic E-state index is 5.76. The SMILES string of the molecule is CC(C)(C)C1C2COC3OCC1C3C2. The summed E-state index contributed by atoms with van der Waals surface area (Å²) >= 11 is 0. The van der Waals surface area contributed by atoms with Crippen LogP contribution >= 0.6 is 0 Å². The second-order valence-corrected chi connectivity index (χ2v) is 6.25. The molecule has 2 aliphatic heterocycles. The number of hydrogen-bond donors (Lipinski definition) is 0. The molecule has 0 aromatic rings. The Balaban J connectivity index is 1.93. The van der Waals surface area contributed by atoms with E-state index in [1.807, 2.05) is 0 Å². The predicted molar refractivity (Wildman–Crippen MR) is 53.7 cm³/mol. The van der Waals surface area contributed by atoms with Gasteiger partial charge in [-0.2, -0.15) is 0 Å². The molecular formula is C12H20O2. The molecule has 5 unspecified atom stereocenters. The van der Waals surface area contributed by atoms with Crippen molar-refractivity contribution < 1.29 is 9.47 Å². The van der Waals surface area contributed by atoms with E-state index in [9.17, 15) is 0 Å². The molecule has 80 valence electrons. The summed E-state index contributed by atoms with van der Waals surface area (Å²) in [6.45, 7) is 8.97. The molecule has 0 spiro atoms. The topological polar surface area (TPSA) is 18.5 Å². The Hall–Kier alpha value is -0.0800. The fraction of sp³-hybridized carbons (Fsp3) is 1.00. The Morgan fingerprint density at radius 1 is 1.00 bits per heavy atom. The third-order valence-corrected chi connectivity index (χ3v) is 4.37. The lowest BCUT2D eigenvalue weighted by molar-refractivity contribution is -0.168. The molecule has 2 heterocycles. The first-order chi connectivity index (χ1) is 6.57. The predicted octanol–water partition coefficient (Wildman–Crippen LogP) is 2.29. The van der Waals surface area contributed by atoms with Crippen LogP contribution in [-0.2, 0) is 9.47 Å². The third kappa shape index (κ3) is 1.10. The molecule has 5 atom stereocenters. The molecule has 2 nitrogen and oxygen atoms in total. The first-order valence-corrected chi connectivity index (χ1v) is 5.80. The Labute approximate surface area is 86.0 Å². The second-order valence-electron chi connectivity index (χ2n) is 6.25. The van der Waals surface area contributed by atoms with Gasteiger partial charge in [-0.05, 0) is 29.6 Å². The lowest BCUT2D eigenvalue weighted by Crippen LogP contribution is -2.34. The van der Waals surface area contributed by atoms with Gasteiger partial charge in [0.05, 0.1) is 13.2 Å². The van der Waals surface area contributed by atoms with Crippen molar-refractivity contribution in [1.29, 1.82) is 0 Å². The van der Waals surface area contributed by atoms with Gasteiger partial charge in [0.2, 0.25) is 0 Å². The maximum atomic E-state index is 5.76. The van der Waals surface area contributed by atoms with E-state index in [4.69, 9.17) is 9.47 Å². The normalized spacial score (nSPS) is 51.2. The summed E-state index contributed by atoms with van der Waals surface area (Å²) in [6.07, 6.45) is 1.49. The van der Waals surface area contributed by atoms with Crippen molar-refractivity contribution in [2.24, 2.45) is 29.1 Å². The summed E-state index contributed by atoms with van der Waals surface area (Å²) in [4.78, 5) is 0. The van der Waals surface area contributed by atoms with E-state index in [-0.39, 0.29) is 6.29 Å². The molecule has 0 aromatic heterocycles. The zero-order chi connectivity index (χ0) is 9.92. The zero-order valence-electron chi connectivity index (χ0n) is 9.32. The van der Waals surface area contributed by atoms with Gasteiger partial charge < -0.3 is 9.47 Å². The quantitative estimate of drug-likeness (QED) is 0.592. The van der Waals surface area contributed by atoms with Gasteiger partial charge in [-0.15, -0.1) is 0 Å². The summed E-state index contributed by atoms with van der Waals surface area (Å²) in [5.74, 6) is 3.08. The highest BCUT2D eigenvalue weighted by Gasteiger charge is 2.57. The van der Waals surface area contributed by atoms with Crippen LogP contribution in [0.1, 0.15) is 27.2 Å². The van der Waals surface area contributed by atoms with Gasteiger partial charge in [0.15, 0.2) is 6.29 Å². The molecule has 0 aromatic carbocycles. The van der Waals surface area contributed by atoms with Crippen LogP contribution in [0, 0.1) is 29.1 Å². The number of fused-ring (bicyclic) bond motifs is 1. The van der Waals surface area contributed by atoms with Crippen molar-refractivity contribution >= 4 is 0 Å². The number of hydrogen-bond acceptors (Lipinski definition) is 2. The van der Waals surface area contributed by atoms with E-state index in [1.165, 1.54) is 6.42 Å². The molecule has 14 heavy (non-hydrogen) atoms. The minimum atomic E-state index is 0.142. The van der Waals surface area contributed by atoms with Crippen LogP contribution in [0.25, 0.3) is 0 Å². The average Bonchev–Trinajstić information content (AvgIpc) is 2.52. The maximum Gasteiger partial charge on any atom is 0.160 e. The van der Waals surface area contributed by atoms with E-state index < -0.39 is 0 Å². The van der Waals surface area contributed by atoms with Gasteiger partial charge in [-0.3, -0.25) is 0 Å². The lowest BCUT2D eigenvalue weighted by atomic mass is 9.71. The first kappa shape index (κ1) is 9.17. The van der Waals surface area contributed by atoms with Gasteiger partial charge >= 0.3 is 0 Å². The Kier molecular flexibility index (Phi) is 1.79. The summed E-state index contributed by atoms with van der Waals surface area (Å²) < 4.78 is 11.5. The standard InChI is InChI=1S/C12H20O2/c1-12(2,3)10-7-4-8-9(10)6-14-11(8)13-5-7/h7-11H,4-6H2,1-3H3. The highest BCUT2D eigenvalue weighted by molar-refractivity contribution is 5.01. The molecule has 0 N–H and O–H groups in total. The smallest absolute Gasteiger partial charge is 0.160 e. The minimum Gasteiger partial charge on any atom is -0.352 e. The molecule has 2 saturated heterocycles. The molecular weight excluding hydrogens is 176 g/mol. The van der Waals surface area contributed by atoms with E-state index in [0.29, 0.717) is 11.3 Å². The van der Waals surface area contributed by atoms with Crippen LogP contribution in [0.4, 0.5) is 0 Å². The van der Waals surface area contributed by atoms with E-state index in [1.54, 1.807) is 0 Å². The van der Waals surface area contributed by atoms with Crippen molar-refractivity contribution in [3.05, 3.63) is 0 Å². The minimum absolute atomic E-state index is 0.142. The fourth-order valence-corrected chi connectivity index (χ4v) is 4.07. The van der Waals surface area contributed by atoms with E-state index in [0.717, 1.165) is 31.0 Å². The number of rotatable bonds is 0. The molecule has 3 fully saturated rings. The molecule has 1 aliphatic carbocycles. The van der Waals surface area contributed by atoms with Gasteiger partial charge in [-0.25, -0.2) is 0 Å². The van der Waals surface area contributed by atoms with Crippen LogP contribution in [0.5, 0.6) is 0 Å². The van der Waals surface area contributed by atoms with E-state index in [2.05, 4.69) is 20.8 Å². The highest BCUT2D eigenvalue weighted by atomic mass is 16.7. The van der Waals surface area contributed by atoms with Crippen LogP contribution in [0.2, 0.25) is 0 Å². The molecule has 2 heteroatoms. The number of ether oxygens (including phenoxy) is 2.